The van der Waals surface area contributed by atoms with E-state index in [1.54, 1.807) is 30.3 Å². The van der Waals surface area contributed by atoms with Gasteiger partial charge in [0, 0.05) is 0 Å². The zero-order valence-corrected chi connectivity index (χ0v) is 15.6. The van der Waals surface area contributed by atoms with Gasteiger partial charge in [-0.3, -0.25) is 14.5 Å². The lowest BCUT2D eigenvalue weighted by atomic mass is 10.1. The van der Waals surface area contributed by atoms with Crippen LogP contribution in [0.5, 0.6) is 0 Å². The third kappa shape index (κ3) is 3.16. The molecule has 2 amide bonds. The highest BCUT2D eigenvalue weighted by molar-refractivity contribution is 6.74. The molecule has 124 valence electrons. The Bertz CT molecular complexity index is 611. The Balaban J connectivity index is 2.19. The van der Waals surface area contributed by atoms with Gasteiger partial charge < -0.3 is 4.43 Å². The van der Waals surface area contributed by atoms with Gasteiger partial charge in [0.05, 0.1) is 23.8 Å². The summed E-state index contributed by atoms with van der Waals surface area (Å²) in [6.07, 6.45) is 1.62. The van der Waals surface area contributed by atoms with E-state index in [1.165, 1.54) is 4.90 Å². The van der Waals surface area contributed by atoms with E-state index >= 15 is 0 Å². The van der Waals surface area contributed by atoms with Crippen LogP contribution in [0.1, 0.15) is 41.5 Å². The van der Waals surface area contributed by atoms with Gasteiger partial charge in [-0.2, -0.15) is 0 Å². The summed E-state index contributed by atoms with van der Waals surface area (Å²) in [4.78, 5) is 26.4. The summed E-state index contributed by atoms with van der Waals surface area (Å²) in [5.41, 5.74) is 0.911. The van der Waals surface area contributed by atoms with Gasteiger partial charge in [0.1, 0.15) is 0 Å². The third-order valence-electron chi connectivity index (χ3n) is 4.85. The summed E-state index contributed by atoms with van der Waals surface area (Å²) in [5, 5.41) is 0.0701. The summed E-state index contributed by atoms with van der Waals surface area (Å²) in [5.74, 6) is -0.538. The monoisotopic (exact) mass is 331 g/mol. The first-order chi connectivity index (χ1) is 10.6. The van der Waals surface area contributed by atoms with E-state index in [0.29, 0.717) is 17.7 Å². The molecule has 0 aliphatic carbocycles. The summed E-state index contributed by atoms with van der Waals surface area (Å²) >= 11 is 0. The van der Waals surface area contributed by atoms with Crippen molar-refractivity contribution in [3.05, 3.63) is 48.0 Å². The molecule has 4 nitrogen and oxygen atoms in total. The van der Waals surface area contributed by atoms with Crippen LogP contribution in [-0.4, -0.2) is 37.7 Å². The number of nitrogens with zero attached hydrogens (tertiary/aromatic N) is 1. The van der Waals surface area contributed by atoms with Gasteiger partial charge in [-0.05, 0) is 30.3 Å². The maximum Gasteiger partial charge on any atom is 0.262 e. The van der Waals surface area contributed by atoms with Gasteiger partial charge in [0.15, 0.2) is 8.32 Å². The lowest BCUT2D eigenvalue weighted by molar-refractivity contribution is 0.0570. The van der Waals surface area contributed by atoms with Crippen molar-refractivity contribution >= 4 is 20.1 Å². The molecule has 0 radical (unpaired) electrons. The summed E-state index contributed by atoms with van der Waals surface area (Å²) in [6.45, 7) is 14.9. The predicted molar refractivity (Wildman–Crippen MR) is 94.1 cm³/mol. The normalized spacial score (nSPS) is 16.5. The standard InChI is InChI=1S/C18H25NO3Si/c1-7-13(12-22-23(5,6)18(2,3)4)19-16(20)14-10-8-9-11-15(14)17(19)21/h7-11,13H,1,12H2,2-6H3/t13-/m0/s1. The van der Waals surface area contributed by atoms with Crippen molar-refractivity contribution in [2.24, 2.45) is 0 Å². The van der Waals surface area contributed by atoms with Gasteiger partial charge >= 0.3 is 0 Å². The zero-order valence-electron chi connectivity index (χ0n) is 14.6. The molecule has 1 aromatic rings. The van der Waals surface area contributed by atoms with Gasteiger partial charge in [-0.1, -0.05) is 39.0 Å². The van der Waals surface area contributed by atoms with Crippen LogP contribution in [0.2, 0.25) is 18.1 Å². The second-order valence-corrected chi connectivity index (χ2v) is 12.2. The fourth-order valence-electron chi connectivity index (χ4n) is 2.27. The van der Waals surface area contributed by atoms with Crippen molar-refractivity contribution in [2.45, 2.75) is 44.9 Å². The maximum absolute atomic E-state index is 12.5. The van der Waals surface area contributed by atoms with Crippen molar-refractivity contribution in [1.82, 2.24) is 4.90 Å². The van der Waals surface area contributed by atoms with Crippen LogP contribution in [0.25, 0.3) is 0 Å². The Hall–Kier alpha value is -1.72. The molecular formula is C18H25NO3Si. The largest absolute Gasteiger partial charge is 0.414 e. The highest BCUT2D eigenvalue weighted by Gasteiger charge is 2.41. The van der Waals surface area contributed by atoms with Crippen molar-refractivity contribution in [3.63, 3.8) is 0 Å². The summed E-state index contributed by atoms with van der Waals surface area (Å²) in [6, 6.07) is 6.46. The molecule has 0 spiro atoms. The van der Waals surface area contributed by atoms with Gasteiger partial charge in [0.2, 0.25) is 0 Å². The van der Waals surface area contributed by atoms with Crippen LogP contribution < -0.4 is 0 Å². The molecule has 0 N–H and O–H groups in total. The minimum absolute atomic E-state index is 0.0701. The number of hydrogen-bond acceptors (Lipinski definition) is 3. The first kappa shape index (κ1) is 17.6. The molecule has 0 fully saturated rings. The average Bonchev–Trinajstić information content (AvgIpc) is 2.72. The van der Waals surface area contributed by atoms with Crippen molar-refractivity contribution < 1.29 is 14.0 Å². The van der Waals surface area contributed by atoms with E-state index in [4.69, 9.17) is 4.43 Å². The van der Waals surface area contributed by atoms with Crippen LogP contribution >= 0.6 is 0 Å². The molecule has 23 heavy (non-hydrogen) atoms. The molecule has 2 rings (SSSR count). The Labute approximate surface area is 139 Å². The molecule has 1 heterocycles. The molecule has 5 heteroatoms. The average molecular weight is 331 g/mol. The van der Waals surface area contributed by atoms with E-state index in [2.05, 4.69) is 40.4 Å². The summed E-state index contributed by atoms with van der Waals surface area (Å²) in [7, 11) is -1.96. The molecule has 0 bridgehead atoms. The van der Waals surface area contributed by atoms with Crippen LogP contribution in [0.15, 0.2) is 36.9 Å². The van der Waals surface area contributed by atoms with Crippen molar-refractivity contribution in [2.75, 3.05) is 6.61 Å². The molecule has 0 unspecified atom stereocenters. The topological polar surface area (TPSA) is 46.6 Å². The second kappa shape index (κ2) is 6.05. The molecule has 1 aliphatic rings. The zero-order chi connectivity index (χ0) is 17.4. The van der Waals surface area contributed by atoms with Gasteiger partial charge in [0.25, 0.3) is 11.8 Å². The molecule has 1 atom stereocenters. The Kier molecular flexibility index (Phi) is 4.64. The fraction of sp³-hybridized carbons (Fsp3) is 0.444. The van der Waals surface area contributed by atoms with Gasteiger partial charge in [-0.25, -0.2) is 0 Å². The minimum atomic E-state index is -1.96. The van der Waals surface area contributed by atoms with Crippen LogP contribution in [0.3, 0.4) is 0 Å². The number of rotatable bonds is 5. The smallest absolute Gasteiger partial charge is 0.262 e. The number of carbonyl (C=O) groups excluding carboxylic acids is 2. The molecule has 1 aliphatic heterocycles. The first-order valence-electron chi connectivity index (χ1n) is 7.83. The quantitative estimate of drug-likeness (QED) is 0.467. The highest BCUT2D eigenvalue weighted by atomic mass is 28.4. The maximum atomic E-state index is 12.5. The third-order valence-corrected chi connectivity index (χ3v) is 9.35. The number of carbonyl (C=O) groups is 2. The number of fused-ring (bicyclic) bond motifs is 1. The molecule has 0 saturated heterocycles. The first-order valence-corrected chi connectivity index (χ1v) is 10.7. The molecular weight excluding hydrogens is 306 g/mol. The van der Waals surface area contributed by atoms with Crippen LogP contribution in [0, 0.1) is 0 Å². The second-order valence-electron chi connectivity index (χ2n) is 7.40. The van der Waals surface area contributed by atoms with Crippen LogP contribution in [0.4, 0.5) is 0 Å². The van der Waals surface area contributed by atoms with E-state index in [-0.39, 0.29) is 16.9 Å². The number of imide groups is 1. The number of amides is 2. The Morgan fingerprint density at radius 3 is 2.04 bits per heavy atom. The van der Waals surface area contributed by atoms with E-state index in [1.807, 2.05) is 0 Å². The highest BCUT2D eigenvalue weighted by Crippen LogP contribution is 2.37. The van der Waals surface area contributed by atoms with E-state index in [0.717, 1.165) is 0 Å². The SMILES string of the molecule is C=C[C@@H](CO[Si](C)(C)C(C)(C)C)N1C(=O)c2ccccc2C1=O. The van der Waals surface area contributed by atoms with E-state index in [9.17, 15) is 9.59 Å². The molecule has 0 aromatic heterocycles. The number of hydrogen-bond donors (Lipinski definition) is 0. The van der Waals surface area contributed by atoms with E-state index < -0.39 is 14.4 Å². The Morgan fingerprint density at radius 2 is 1.65 bits per heavy atom. The lowest BCUT2D eigenvalue weighted by Crippen LogP contribution is -2.47. The Morgan fingerprint density at radius 1 is 1.17 bits per heavy atom. The van der Waals surface area contributed by atoms with Crippen LogP contribution in [-0.2, 0) is 4.43 Å². The molecule has 1 aromatic carbocycles. The van der Waals surface area contributed by atoms with Crippen molar-refractivity contribution in [1.29, 1.82) is 0 Å². The van der Waals surface area contributed by atoms with Crippen molar-refractivity contribution in [3.8, 4) is 0 Å². The number of benzene rings is 1. The van der Waals surface area contributed by atoms with Gasteiger partial charge in [-0.15, -0.1) is 6.58 Å². The minimum Gasteiger partial charge on any atom is -0.414 e. The summed E-state index contributed by atoms with van der Waals surface area (Å²) < 4.78 is 6.18. The predicted octanol–water partition coefficient (Wildman–Crippen LogP) is 3.86. The fourth-order valence-corrected chi connectivity index (χ4v) is 3.29. The lowest BCUT2D eigenvalue weighted by Gasteiger charge is -2.37. The molecule has 0 saturated carbocycles.